The number of nitrogens with one attached hydrogen (secondary N) is 1. The van der Waals surface area contributed by atoms with E-state index in [9.17, 15) is 4.39 Å². The molecule has 0 radical (unpaired) electrons. The van der Waals surface area contributed by atoms with Gasteiger partial charge >= 0.3 is 0 Å². The van der Waals surface area contributed by atoms with E-state index in [1.54, 1.807) is 6.07 Å². The summed E-state index contributed by atoms with van der Waals surface area (Å²) in [4.78, 5) is 0. The van der Waals surface area contributed by atoms with Crippen LogP contribution in [0.1, 0.15) is 37.3 Å². The zero-order chi connectivity index (χ0) is 12.3. The lowest BCUT2D eigenvalue weighted by Crippen LogP contribution is -2.23. The molecule has 2 nitrogen and oxygen atoms in total. The maximum absolute atomic E-state index is 13.1. The van der Waals surface area contributed by atoms with Crippen molar-refractivity contribution in [2.45, 2.75) is 32.7 Å². The Kier molecular flexibility index (Phi) is 3.44. The topological polar surface area (TPSA) is 35.8 Å². The molecule has 0 amide bonds. The van der Waals surface area contributed by atoms with Crippen LogP contribution in [0, 0.1) is 22.6 Å². The third-order valence-electron chi connectivity index (χ3n) is 3.71. The van der Waals surface area contributed by atoms with Gasteiger partial charge in [0.15, 0.2) is 0 Å². The highest BCUT2D eigenvalue weighted by atomic mass is 19.1. The van der Waals surface area contributed by atoms with Crippen molar-refractivity contribution in [1.82, 2.24) is 5.32 Å². The molecule has 2 rings (SSSR count). The molecule has 3 heteroatoms. The van der Waals surface area contributed by atoms with Gasteiger partial charge in [0.2, 0.25) is 0 Å². The van der Waals surface area contributed by atoms with Crippen LogP contribution in [0.25, 0.3) is 0 Å². The summed E-state index contributed by atoms with van der Waals surface area (Å²) in [6, 6.07) is 6.41. The fraction of sp³-hybridized carbons (Fsp3) is 0.500. The van der Waals surface area contributed by atoms with E-state index in [0.29, 0.717) is 17.5 Å². The molecule has 0 unspecified atom stereocenters. The lowest BCUT2D eigenvalue weighted by molar-refractivity contribution is 0.443. The molecule has 90 valence electrons. The fourth-order valence-corrected chi connectivity index (χ4v) is 2.11. The molecule has 1 aliphatic rings. The van der Waals surface area contributed by atoms with E-state index in [1.165, 1.54) is 31.4 Å². The van der Waals surface area contributed by atoms with E-state index in [1.807, 2.05) is 0 Å². The molecule has 1 aliphatic carbocycles. The molecular weight excluding hydrogens is 215 g/mol. The first kappa shape index (κ1) is 12.1. The molecule has 1 saturated carbocycles. The maximum atomic E-state index is 13.1. The van der Waals surface area contributed by atoms with Gasteiger partial charge in [-0.3, -0.25) is 0 Å². The number of hydrogen-bond acceptors (Lipinski definition) is 2. The Balaban J connectivity index is 1.94. The summed E-state index contributed by atoms with van der Waals surface area (Å²) in [6.07, 6.45) is 3.75. The van der Waals surface area contributed by atoms with Gasteiger partial charge in [0.25, 0.3) is 0 Å². The second kappa shape index (κ2) is 4.85. The van der Waals surface area contributed by atoms with E-state index >= 15 is 0 Å². The summed E-state index contributed by atoms with van der Waals surface area (Å²) < 4.78 is 13.1. The van der Waals surface area contributed by atoms with Crippen molar-refractivity contribution in [3.8, 4) is 6.07 Å². The Morgan fingerprint density at radius 3 is 2.82 bits per heavy atom. The van der Waals surface area contributed by atoms with Gasteiger partial charge in [0.05, 0.1) is 11.6 Å². The minimum atomic E-state index is -0.280. The Labute approximate surface area is 101 Å². The molecule has 0 saturated heterocycles. The number of halogens is 1. The molecule has 0 heterocycles. The van der Waals surface area contributed by atoms with Gasteiger partial charge in [-0.05, 0) is 48.4 Å². The third-order valence-corrected chi connectivity index (χ3v) is 3.71. The van der Waals surface area contributed by atoms with Crippen molar-refractivity contribution in [3.63, 3.8) is 0 Å². The Morgan fingerprint density at radius 1 is 1.47 bits per heavy atom. The number of nitrogens with zero attached hydrogens (tertiary/aromatic N) is 1. The Bertz CT molecular complexity index is 444. The average Bonchev–Trinajstić information content (AvgIpc) is 3.10. The maximum Gasteiger partial charge on any atom is 0.123 e. The SMILES string of the molecule is CCC1(CNCc2cc(F)ccc2C#N)CC1. The zero-order valence-corrected chi connectivity index (χ0v) is 10.1. The van der Waals surface area contributed by atoms with Crippen LogP contribution >= 0.6 is 0 Å². The fourth-order valence-electron chi connectivity index (χ4n) is 2.11. The molecule has 1 fully saturated rings. The number of hydrogen-bond donors (Lipinski definition) is 1. The van der Waals surface area contributed by atoms with Gasteiger partial charge in [-0.15, -0.1) is 0 Å². The minimum absolute atomic E-state index is 0.280. The van der Waals surface area contributed by atoms with Crippen molar-refractivity contribution < 1.29 is 4.39 Å². The summed E-state index contributed by atoms with van der Waals surface area (Å²) in [5.74, 6) is -0.280. The van der Waals surface area contributed by atoms with Crippen molar-refractivity contribution >= 4 is 0 Å². The highest BCUT2D eigenvalue weighted by Crippen LogP contribution is 2.47. The molecule has 0 aliphatic heterocycles. The van der Waals surface area contributed by atoms with Gasteiger partial charge in [0.1, 0.15) is 5.82 Å². The molecule has 0 atom stereocenters. The quantitative estimate of drug-likeness (QED) is 0.847. The van der Waals surface area contributed by atoms with Crippen LogP contribution < -0.4 is 5.32 Å². The molecule has 17 heavy (non-hydrogen) atoms. The molecule has 0 aromatic heterocycles. The predicted octanol–water partition coefficient (Wildman–Crippen LogP) is 2.98. The third kappa shape index (κ3) is 2.83. The van der Waals surface area contributed by atoms with Crippen LogP contribution in [-0.2, 0) is 6.54 Å². The standard InChI is InChI=1S/C14H17FN2/c1-2-14(5-6-14)10-17-9-12-7-13(15)4-3-11(12)8-16/h3-4,7,17H,2,5-6,9-10H2,1H3. The molecule has 0 bridgehead atoms. The summed E-state index contributed by atoms with van der Waals surface area (Å²) >= 11 is 0. The average molecular weight is 232 g/mol. The molecule has 1 aromatic rings. The first-order valence-electron chi connectivity index (χ1n) is 6.08. The summed E-state index contributed by atoms with van der Waals surface area (Å²) in [5, 5.41) is 12.3. The van der Waals surface area contributed by atoms with Crippen LogP contribution in [0.15, 0.2) is 18.2 Å². The highest BCUT2D eigenvalue weighted by molar-refractivity contribution is 5.37. The van der Waals surface area contributed by atoms with Crippen LogP contribution in [0.2, 0.25) is 0 Å². The Morgan fingerprint density at radius 2 is 2.24 bits per heavy atom. The summed E-state index contributed by atoms with van der Waals surface area (Å²) in [7, 11) is 0. The highest BCUT2D eigenvalue weighted by Gasteiger charge is 2.39. The van der Waals surface area contributed by atoms with Crippen LogP contribution in [-0.4, -0.2) is 6.54 Å². The van der Waals surface area contributed by atoms with Gasteiger partial charge in [-0.25, -0.2) is 4.39 Å². The second-order valence-corrected chi connectivity index (χ2v) is 4.87. The number of nitriles is 1. The first-order valence-corrected chi connectivity index (χ1v) is 6.08. The van der Waals surface area contributed by atoms with E-state index in [-0.39, 0.29) is 5.82 Å². The van der Waals surface area contributed by atoms with E-state index in [4.69, 9.17) is 5.26 Å². The number of rotatable bonds is 5. The summed E-state index contributed by atoms with van der Waals surface area (Å²) in [6.45, 7) is 3.74. The van der Waals surface area contributed by atoms with Gasteiger partial charge in [0, 0.05) is 13.1 Å². The van der Waals surface area contributed by atoms with Gasteiger partial charge in [-0.1, -0.05) is 6.92 Å². The van der Waals surface area contributed by atoms with E-state index in [0.717, 1.165) is 12.1 Å². The van der Waals surface area contributed by atoms with Crippen LogP contribution in [0.5, 0.6) is 0 Å². The molecule has 1 N–H and O–H groups in total. The second-order valence-electron chi connectivity index (χ2n) is 4.87. The smallest absolute Gasteiger partial charge is 0.123 e. The van der Waals surface area contributed by atoms with Gasteiger partial charge in [-0.2, -0.15) is 5.26 Å². The van der Waals surface area contributed by atoms with Crippen molar-refractivity contribution in [3.05, 3.63) is 35.1 Å². The lowest BCUT2D eigenvalue weighted by Gasteiger charge is -2.13. The largest absolute Gasteiger partial charge is 0.312 e. The monoisotopic (exact) mass is 232 g/mol. The van der Waals surface area contributed by atoms with Crippen LogP contribution in [0.4, 0.5) is 4.39 Å². The van der Waals surface area contributed by atoms with Crippen molar-refractivity contribution in [2.75, 3.05) is 6.54 Å². The first-order chi connectivity index (χ1) is 8.19. The normalized spacial score (nSPS) is 16.5. The van der Waals surface area contributed by atoms with Gasteiger partial charge < -0.3 is 5.32 Å². The molecule has 0 spiro atoms. The van der Waals surface area contributed by atoms with E-state index < -0.39 is 0 Å². The zero-order valence-electron chi connectivity index (χ0n) is 10.1. The Hall–Kier alpha value is -1.40. The number of benzene rings is 1. The van der Waals surface area contributed by atoms with Crippen molar-refractivity contribution in [1.29, 1.82) is 5.26 Å². The minimum Gasteiger partial charge on any atom is -0.312 e. The van der Waals surface area contributed by atoms with E-state index in [2.05, 4.69) is 18.3 Å². The van der Waals surface area contributed by atoms with Crippen LogP contribution in [0.3, 0.4) is 0 Å². The lowest BCUT2D eigenvalue weighted by atomic mass is 10.0. The van der Waals surface area contributed by atoms with Crippen molar-refractivity contribution in [2.24, 2.45) is 5.41 Å². The molecule has 1 aromatic carbocycles. The summed E-state index contributed by atoms with van der Waals surface area (Å²) in [5.41, 5.74) is 1.78. The molecular formula is C14H17FN2. The predicted molar refractivity (Wildman–Crippen MR) is 64.8 cm³/mol.